The normalized spacial score (nSPS) is 9.96. The molecule has 0 spiro atoms. The standard InChI is InChI=1S/C20H19ClN2O4/c1-2-3-10-26-20(25)14-5-8-17(9-6-14)27-13-19(24)23-18-11-16(21)7-4-15(18)12-22/h4-9,11H,2-3,10,13H2,1H3,(H,23,24). The van der Waals surface area contributed by atoms with E-state index in [0.717, 1.165) is 12.8 Å². The lowest BCUT2D eigenvalue weighted by atomic mass is 10.2. The SMILES string of the molecule is CCCCOC(=O)c1ccc(OCC(=O)Nc2cc(Cl)ccc2C#N)cc1. The number of ether oxygens (including phenoxy) is 2. The number of nitriles is 1. The van der Waals surface area contributed by atoms with Gasteiger partial charge in [-0.25, -0.2) is 4.79 Å². The fourth-order valence-corrected chi connectivity index (χ4v) is 2.30. The molecule has 0 aliphatic rings. The molecule has 0 aliphatic heterocycles. The van der Waals surface area contributed by atoms with E-state index in [1.807, 2.05) is 13.0 Å². The molecule has 1 N–H and O–H groups in total. The van der Waals surface area contributed by atoms with E-state index >= 15 is 0 Å². The molecule has 0 heterocycles. The Hall–Kier alpha value is -3.04. The lowest BCUT2D eigenvalue weighted by Crippen LogP contribution is -2.20. The van der Waals surface area contributed by atoms with Gasteiger partial charge < -0.3 is 14.8 Å². The van der Waals surface area contributed by atoms with Crippen molar-refractivity contribution in [1.29, 1.82) is 5.26 Å². The molecule has 0 radical (unpaired) electrons. The highest BCUT2D eigenvalue weighted by atomic mass is 35.5. The van der Waals surface area contributed by atoms with Crippen molar-refractivity contribution in [3.63, 3.8) is 0 Å². The first-order valence-corrected chi connectivity index (χ1v) is 8.80. The Bertz CT molecular complexity index is 844. The second-order valence-electron chi connectivity index (χ2n) is 5.65. The number of anilines is 1. The Morgan fingerprint density at radius 1 is 1.19 bits per heavy atom. The summed E-state index contributed by atoms with van der Waals surface area (Å²) in [6.07, 6.45) is 1.77. The molecule has 2 aromatic carbocycles. The molecule has 1 amide bonds. The van der Waals surface area contributed by atoms with Gasteiger partial charge in [0.05, 0.1) is 23.4 Å². The number of amides is 1. The van der Waals surface area contributed by atoms with Crippen molar-refractivity contribution in [2.75, 3.05) is 18.5 Å². The molecule has 7 heteroatoms. The van der Waals surface area contributed by atoms with Crippen molar-refractivity contribution in [2.45, 2.75) is 19.8 Å². The second-order valence-corrected chi connectivity index (χ2v) is 6.09. The third-order valence-electron chi connectivity index (χ3n) is 3.57. The van der Waals surface area contributed by atoms with Gasteiger partial charge in [-0.15, -0.1) is 0 Å². The van der Waals surface area contributed by atoms with Crippen LogP contribution in [0.15, 0.2) is 42.5 Å². The van der Waals surface area contributed by atoms with Crippen LogP contribution in [0, 0.1) is 11.3 Å². The molecule has 27 heavy (non-hydrogen) atoms. The van der Waals surface area contributed by atoms with Crippen molar-refractivity contribution >= 4 is 29.2 Å². The van der Waals surface area contributed by atoms with Crippen molar-refractivity contribution in [2.24, 2.45) is 0 Å². The van der Waals surface area contributed by atoms with E-state index in [1.54, 1.807) is 30.3 Å². The third kappa shape index (κ3) is 6.32. The molecule has 0 atom stereocenters. The lowest BCUT2D eigenvalue weighted by Gasteiger charge is -2.09. The van der Waals surface area contributed by atoms with Crippen molar-refractivity contribution in [3.05, 3.63) is 58.6 Å². The largest absolute Gasteiger partial charge is 0.484 e. The van der Waals surface area contributed by atoms with Crippen LogP contribution >= 0.6 is 11.6 Å². The van der Waals surface area contributed by atoms with E-state index in [4.69, 9.17) is 26.3 Å². The first-order valence-electron chi connectivity index (χ1n) is 8.43. The maximum absolute atomic E-state index is 12.0. The minimum atomic E-state index is -0.434. The number of benzene rings is 2. The first-order chi connectivity index (χ1) is 13.0. The van der Waals surface area contributed by atoms with Crippen molar-refractivity contribution < 1.29 is 19.1 Å². The number of halogens is 1. The molecule has 0 bridgehead atoms. The van der Waals surface area contributed by atoms with Crippen LogP contribution in [0.1, 0.15) is 35.7 Å². The molecule has 0 aromatic heterocycles. The number of hydrogen-bond donors (Lipinski definition) is 1. The zero-order valence-corrected chi connectivity index (χ0v) is 15.6. The maximum Gasteiger partial charge on any atom is 0.338 e. The van der Waals surface area contributed by atoms with Gasteiger partial charge in [-0.05, 0) is 48.9 Å². The van der Waals surface area contributed by atoms with E-state index in [-0.39, 0.29) is 6.61 Å². The summed E-state index contributed by atoms with van der Waals surface area (Å²) in [5, 5.41) is 12.1. The lowest BCUT2D eigenvalue weighted by molar-refractivity contribution is -0.118. The molecule has 0 saturated carbocycles. The Kier molecular flexibility index (Phi) is 7.65. The first kappa shape index (κ1) is 20.3. The summed E-state index contributed by atoms with van der Waals surface area (Å²) in [5.41, 5.74) is 1.04. The highest BCUT2D eigenvalue weighted by Gasteiger charge is 2.10. The smallest absolute Gasteiger partial charge is 0.338 e. The number of nitrogens with one attached hydrogen (secondary N) is 1. The minimum absolute atomic E-state index is 0.252. The van der Waals surface area contributed by atoms with E-state index in [2.05, 4.69) is 5.32 Å². The summed E-state index contributed by atoms with van der Waals surface area (Å²) in [6, 6.07) is 12.9. The van der Waals surface area contributed by atoms with Gasteiger partial charge in [0.15, 0.2) is 6.61 Å². The van der Waals surface area contributed by atoms with Crippen LogP contribution in [0.25, 0.3) is 0 Å². The maximum atomic E-state index is 12.0. The van der Waals surface area contributed by atoms with Crippen molar-refractivity contribution in [1.82, 2.24) is 0 Å². The number of carbonyl (C=O) groups is 2. The van der Waals surface area contributed by atoms with Crippen LogP contribution < -0.4 is 10.1 Å². The van der Waals surface area contributed by atoms with Crippen LogP contribution in [0.3, 0.4) is 0 Å². The molecular formula is C20H19ClN2O4. The fourth-order valence-electron chi connectivity index (χ4n) is 2.13. The number of hydrogen-bond acceptors (Lipinski definition) is 5. The quantitative estimate of drug-likeness (QED) is 0.543. The third-order valence-corrected chi connectivity index (χ3v) is 3.80. The van der Waals surface area contributed by atoms with Gasteiger partial charge in [-0.2, -0.15) is 5.26 Å². The summed E-state index contributed by atoms with van der Waals surface area (Å²) in [6.45, 7) is 2.16. The molecule has 0 unspecified atom stereocenters. The predicted molar refractivity (Wildman–Crippen MR) is 102 cm³/mol. The highest BCUT2D eigenvalue weighted by Crippen LogP contribution is 2.20. The van der Waals surface area contributed by atoms with E-state index in [1.165, 1.54) is 12.1 Å². The monoisotopic (exact) mass is 386 g/mol. The molecule has 0 saturated heterocycles. The van der Waals surface area contributed by atoms with Crippen LogP contribution in [0.2, 0.25) is 5.02 Å². The van der Waals surface area contributed by atoms with E-state index < -0.39 is 11.9 Å². The zero-order chi connectivity index (χ0) is 19.6. The molecule has 0 fully saturated rings. The average molecular weight is 387 g/mol. The van der Waals surface area contributed by atoms with E-state index in [9.17, 15) is 9.59 Å². The molecule has 2 rings (SSSR count). The van der Waals surface area contributed by atoms with E-state index in [0.29, 0.717) is 34.2 Å². The van der Waals surface area contributed by atoms with Gasteiger partial charge in [0.25, 0.3) is 5.91 Å². The van der Waals surface area contributed by atoms with Crippen LogP contribution in [0.4, 0.5) is 5.69 Å². The van der Waals surface area contributed by atoms with Crippen LogP contribution in [0.5, 0.6) is 5.75 Å². The van der Waals surface area contributed by atoms with Crippen molar-refractivity contribution in [3.8, 4) is 11.8 Å². The zero-order valence-electron chi connectivity index (χ0n) is 14.8. The Labute approximate surface area is 162 Å². The van der Waals surface area contributed by atoms with Gasteiger partial charge >= 0.3 is 5.97 Å². The van der Waals surface area contributed by atoms with Gasteiger partial charge in [-0.3, -0.25) is 4.79 Å². The Morgan fingerprint density at radius 3 is 2.59 bits per heavy atom. The number of rotatable bonds is 8. The minimum Gasteiger partial charge on any atom is -0.484 e. The highest BCUT2D eigenvalue weighted by molar-refractivity contribution is 6.31. The van der Waals surface area contributed by atoms with Gasteiger partial charge in [0, 0.05) is 5.02 Å². The fraction of sp³-hybridized carbons (Fsp3) is 0.250. The summed E-state index contributed by atoms with van der Waals surface area (Å²) < 4.78 is 10.5. The predicted octanol–water partition coefficient (Wildman–Crippen LogP) is 4.19. The van der Waals surface area contributed by atoms with Gasteiger partial charge in [-0.1, -0.05) is 24.9 Å². The number of nitrogens with zero attached hydrogens (tertiary/aromatic N) is 1. The number of unbranched alkanes of at least 4 members (excludes halogenated alkanes) is 1. The van der Waals surface area contributed by atoms with Crippen LogP contribution in [-0.4, -0.2) is 25.1 Å². The second kappa shape index (κ2) is 10.2. The number of carbonyl (C=O) groups excluding carboxylic acids is 2. The Balaban J connectivity index is 1.88. The summed E-state index contributed by atoms with van der Waals surface area (Å²) in [4.78, 5) is 23.8. The topological polar surface area (TPSA) is 88.4 Å². The molecule has 6 nitrogen and oxygen atoms in total. The van der Waals surface area contributed by atoms with Gasteiger partial charge in [0.1, 0.15) is 11.8 Å². The summed E-state index contributed by atoms with van der Waals surface area (Å²) in [5.74, 6) is -0.392. The number of esters is 1. The Morgan fingerprint density at radius 2 is 1.93 bits per heavy atom. The molecule has 2 aromatic rings. The van der Waals surface area contributed by atoms with Crippen LogP contribution in [-0.2, 0) is 9.53 Å². The molecule has 140 valence electrons. The molecular weight excluding hydrogens is 368 g/mol. The average Bonchev–Trinajstić information content (AvgIpc) is 2.67. The summed E-state index contributed by atoms with van der Waals surface area (Å²) in [7, 11) is 0. The summed E-state index contributed by atoms with van der Waals surface area (Å²) >= 11 is 5.88. The van der Waals surface area contributed by atoms with Gasteiger partial charge in [0.2, 0.25) is 0 Å². The molecule has 0 aliphatic carbocycles.